The molecule has 130 valence electrons. The Balaban J connectivity index is 1.59. The van der Waals surface area contributed by atoms with Gasteiger partial charge in [0.05, 0.1) is 35.1 Å². The van der Waals surface area contributed by atoms with Crippen molar-refractivity contribution in [3.05, 3.63) is 42.0 Å². The number of carbonyl (C=O) groups excluding carboxylic acids is 1. The molecule has 2 aromatic heterocycles. The van der Waals surface area contributed by atoms with E-state index in [9.17, 15) is 4.79 Å². The van der Waals surface area contributed by atoms with Gasteiger partial charge in [0.25, 0.3) is 5.91 Å². The zero-order chi connectivity index (χ0) is 17.6. The van der Waals surface area contributed by atoms with Crippen LogP contribution in [0.1, 0.15) is 22.0 Å². The normalized spacial score (nSPS) is 20.5. The van der Waals surface area contributed by atoms with E-state index in [4.69, 9.17) is 4.74 Å². The van der Waals surface area contributed by atoms with Gasteiger partial charge in [0.15, 0.2) is 0 Å². The van der Waals surface area contributed by atoms with Gasteiger partial charge in [-0.25, -0.2) is 4.98 Å². The van der Waals surface area contributed by atoms with E-state index < -0.39 is 0 Å². The standard InChI is InChI=1S/C17H20N6O2/c1-21-10-18-13-6-11(4-5-15(13)21)17(24)23-7-12(16(9-23)25-3)14-8-22(2)20-19-14/h4-6,8,10,12,16H,7,9H2,1-3H3/t12-,16+/m0/s1. The zero-order valence-corrected chi connectivity index (χ0v) is 14.5. The van der Waals surface area contributed by atoms with E-state index in [1.54, 1.807) is 18.1 Å². The van der Waals surface area contributed by atoms with Gasteiger partial charge in [0.1, 0.15) is 0 Å². The summed E-state index contributed by atoms with van der Waals surface area (Å²) in [6, 6.07) is 5.62. The average molecular weight is 340 g/mol. The number of methoxy groups -OCH3 is 1. The molecular formula is C17H20N6O2. The van der Waals surface area contributed by atoms with Crippen LogP contribution in [0.2, 0.25) is 0 Å². The minimum absolute atomic E-state index is 0.0130. The van der Waals surface area contributed by atoms with Gasteiger partial charge in [-0.05, 0) is 18.2 Å². The second-order valence-electron chi connectivity index (χ2n) is 6.47. The molecule has 0 bridgehead atoms. The highest BCUT2D eigenvalue weighted by Gasteiger charge is 2.38. The fourth-order valence-corrected chi connectivity index (χ4v) is 3.45. The predicted molar refractivity (Wildman–Crippen MR) is 91.2 cm³/mol. The first-order valence-corrected chi connectivity index (χ1v) is 8.16. The van der Waals surface area contributed by atoms with Gasteiger partial charge in [0, 0.05) is 46.1 Å². The average Bonchev–Trinajstić information content (AvgIpc) is 3.32. The summed E-state index contributed by atoms with van der Waals surface area (Å²) in [4.78, 5) is 19.1. The molecule has 2 atom stereocenters. The summed E-state index contributed by atoms with van der Waals surface area (Å²) < 4.78 is 9.19. The van der Waals surface area contributed by atoms with E-state index in [-0.39, 0.29) is 17.9 Å². The smallest absolute Gasteiger partial charge is 0.254 e. The van der Waals surface area contributed by atoms with Gasteiger partial charge in [0.2, 0.25) is 0 Å². The van der Waals surface area contributed by atoms with E-state index in [1.807, 2.05) is 48.0 Å². The topological polar surface area (TPSA) is 78.1 Å². The van der Waals surface area contributed by atoms with Crippen molar-refractivity contribution in [3.8, 4) is 0 Å². The van der Waals surface area contributed by atoms with Gasteiger partial charge in [-0.15, -0.1) is 5.10 Å². The SMILES string of the molecule is CO[C@@H]1CN(C(=O)c2ccc3c(c2)ncn3C)C[C@H]1c1cn(C)nn1. The number of imidazole rings is 1. The summed E-state index contributed by atoms with van der Waals surface area (Å²) in [6.45, 7) is 1.10. The van der Waals surface area contributed by atoms with Crippen molar-refractivity contribution in [3.63, 3.8) is 0 Å². The van der Waals surface area contributed by atoms with Gasteiger partial charge in [-0.3, -0.25) is 9.48 Å². The van der Waals surface area contributed by atoms with Crippen molar-refractivity contribution in [1.82, 2.24) is 29.4 Å². The molecule has 8 nitrogen and oxygen atoms in total. The van der Waals surface area contributed by atoms with Crippen LogP contribution in [0.5, 0.6) is 0 Å². The molecule has 0 radical (unpaired) electrons. The lowest BCUT2D eigenvalue weighted by atomic mass is 10.0. The Bertz CT molecular complexity index is 930. The van der Waals surface area contributed by atoms with Crippen LogP contribution < -0.4 is 0 Å². The van der Waals surface area contributed by atoms with Crippen molar-refractivity contribution in [2.45, 2.75) is 12.0 Å². The van der Waals surface area contributed by atoms with E-state index >= 15 is 0 Å². The Morgan fingerprint density at radius 1 is 1.28 bits per heavy atom. The minimum Gasteiger partial charge on any atom is -0.379 e. The Hall–Kier alpha value is -2.74. The second kappa shape index (κ2) is 5.96. The van der Waals surface area contributed by atoms with Gasteiger partial charge in [-0.2, -0.15) is 0 Å². The molecule has 1 aliphatic heterocycles. The Morgan fingerprint density at radius 3 is 2.84 bits per heavy atom. The summed E-state index contributed by atoms with van der Waals surface area (Å²) in [5.41, 5.74) is 3.32. The van der Waals surface area contributed by atoms with Crippen molar-refractivity contribution in [2.24, 2.45) is 14.1 Å². The van der Waals surface area contributed by atoms with Crippen LogP contribution in [0, 0.1) is 0 Å². The number of rotatable bonds is 3. The van der Waals surface area contributed by atoms with E-state index in [0.29, 0.717) is 18.7 Å². The monoisotopic (exact) mass is 340 g/mol. The van der Waals surface area contributed by atoms with Gasteiger partial charge >= 0.3 is 0 Å². The maximum Gasteiger partial charge on any atom is 0.254 e. The summed E-state index contributed by atoms with van der Waals surface area (Å²) >= 11 is 0. The van der Waals surface area contributed by atoms with Crippen LogP contribution in [-0.4, -0.2) is 61.7 Å². The maximum absolute atomic E-state index is 12.9. The summed E-state index contributed by atoms with van der Waals surface area (Å²) in [6.07, 6.45) is 3.55. The number of aromatic nitrogens is 5. The third kappa shape index (κ3) is 2.68. The molecule has 4 rings (SSSR count). The number of nitrogens with zero attached hydrogens (tertiary/aromatic N) is 6. The molecular weight excluding hydrogens is 320 g/mol. The highest BCUT2D eigenvalue weighted by atomic mass is 16.5. The number of hydrogen-bond acceptors (Lipinski definition) is 5. The lowest BCUT2D eigenvalue weighted by molar-refractivity contribution is 0.0714. The molecule has 1 saturated heterocycles. The van der Waals surface area contributed by atoms with Crippen LogP contribution in [0.4, 0.5) is 0 Å². The Morgan fingerprint density at radius 2 is 2.12 bits per heavy atom. The number of aryl methyl sites for hydroxylation is 2. The van der Waals surface area contributed by atoms with Crippen molar-refractivity contribution in [1.29, 1.82) is 0 Å². The number of ether oxygens (including phenoxy) is 1. The van der Waals surface area contributed by atoms with Gasteiger partial charge < -0.3 is 14.2 Å². The van der Waals surface area contributed by atoms with Crippen molar-refractivity contribution >= 4 is 16.9 Å². The van der Waals surface area contributed by atoms with E-state index in [0.717, 1.165) is 16.7 Å². The lowest BCUT2D eigenvalue weighted by Crippen LogP contribution is -2.29. The molecule has 1 aliphatic rings. The van der Waals surface area contributed by atoms with Crippen molar-refractivity contribution < 1.29 is 9.53 Å². The second-order valence-corrected chi connectivity index (χ2v) is 6.47. The quantitative estimate of drug-likeness (QED) is 0.709. The molecule has 1 amide bonds. The minimum atomic E-state index is -0.0840. The zero-order valence-electron chi connectivity index (χ0n) is 14.5. The van der Waals surface area contributed by atoms with Crippen LogP contribution in [0.25, 0.3) is 11.0 Å². The Labute approximate surface area is 145 Å². The molecule has 3 heterocycles. The summed E-state index contributed by atoms with van der Waals surface area (Å²) in [7, 11) is 5.44. The first-order chi connectivity index (χ1) is 12.1. The van der Waals surface area contributed by atoms with Crippen molar-refractivity contribution in [2.75, 3.05) is 20.2 Å². The molecule has 0 aliphatic carbocycles. The molecule has 0 N–H and O–H groups in total. The molecule has 0 saturated carbocycles. The largest absolute Gasteiger partial charge is 0.379 e. The summed E-state index contributed by atoms with van der Waals surface area (Å²) in [5, 5.41) is 8.18. The molecule has 0 spiro atoms. The van der Waals surface area contributed by atoms with Crippen LogP contribution in [0.3, 0.4) is 0 Å². The van der Waals surface area contributed by atoms with Crippen LogP contribution in [-0.2, 0) is 18.8 Å². The molecule has 8 heteroatoms. The highest BCUT2D eigenvalue weighted by molar-refractivity contribution is 5.97. The maximum atomic E-state index is 12.9. The molecule has 1 aromatic carbocycles. The van der Waals surface area contributed by atoms with Crippen LogP contribution >= 0.6 is 0 Å². The van der Waals surface area contributed by atoms with E-state index in [2.05, 4.69) is 15.3 Å². The molecule has 3 aromatic rings. The highest BCUT2D eigenvalue weighted by Crippen LogP contribution is 2.29. The lowest BCUT2D eigenvalue weighted by Gasteiger charge is -2.16. The number of hydrogen-bond donors (Lipinski definition) is 0. The van der Waals surface area contributed by atoms with Gasteiger partial charge in [-0.1, -0.05) is 5.21 Å². The number of amides is 1. The number of fused-ring (bicyclic) bond motifs is 1. The molecule has 25 heavy (non-hydrogen) atoms. The third-order valence-corrected chi connectivity index (χ3v) is 4.83. The predicted octanol–water partition coefficient (Wildman–Crippen LogP) is 0.956. The number of carbonyl (C=O) groups is 1. The number of benzene rings is 1. The van der Waals surface area contributed by atoms with Crippen LogP contribution in [0.15, 0.2) is 30.7 Å². The first-order valence-electron chi connectivity index (χ1n) is 8.16. The van der Waals surface area contributed by atoms with E-state index in [1.165, 1.54) is 0 Å². The molecule has 1 fully saturated rings. The molecule has 0 unspecified atom stereocenters. The third-order valence-electron chi connectivity index (χ3n) is 4.83. The summed E-state index contributed by atoms with van der Waals surface area (Å²) in [5.74, 6) is 0.0159. The fraction of sp³-hybridized carbons (Fsp3) is 0.412. The Kier molecular flexibility index (Phi) is 3.76. The fourth-order valence-electron chi connectivity index (χ4n) is 3.45. The first kappa shape index (κ1) is 15.8. The number of likely N-dealkylation sites (tertiary alicyclic amines) is 1.